The van der Waals surface area contributed by atoms with E-state index in [0.29, 0.717) is 6.61 Å². The summed E-state index contributed by atoms with van der Waals surface area (Å²) in [7, 11) is 0. The zero-order chi connectivity index (χ0) is 14.7. The fourth-order valence-electron chi connectivity index (χ4n) is 2.62. The number of carbonyl (C=O) groups excluding carboxylic acids is 1. The smallest absolute Gasteiger partial charge is 0.242 e. The van der Waals surface area contributed by atoms with Gasteiger partial charge in [0.2, 0.25) is 5.91 Å². The zero-order valence-corrected chi connectivity index (χ0v) is 12.1. The summed E-state index contributed by atoms with van der Waals surface area (Å²) in [6, 6.07) is 7.91. The first-order valence-electron chi connectivity index (χ1n) is 7.22. The number of rotatable bonds is 3. The first-order valence-corrected chi connectivity index (χ1v) is 7.22. The van der Waals surface area contributed by atoms with Crippen molar-refractivity contribution in [2.75, 3.05) is 6.61 Å². The van der Waals surface area contributed by atoms with Crippen molar-refractivity contribution in [2.24, 2.45) is 0 Å². The number of aryl methyl sites for hydroxylation is 1. The minimum absolute atomic E-state index is 0.00728. The van der Waals surface area contributed by atoms with Crippen LogP contribution in [-0.4, -0.2) is 22.3 Å². The van der Waals surface area contributed by atoms with Crippen LogP contribution >= 0.6 is 0 Å². The molecule has 0 bridgehead atoms. The molecule has 5 heteroatoms. The van der Waals surface area contributed by atoms with Crippen LogP contribution < -0.4 is 10.1 Å². The van der Waals surface area contributed by atoms with Crippen LogP contribution in [-0.2, 0) is 11.3 Å². The van der Waals surface area contributed by atoms with Gasteiger partial charge in [0.25, 0.3) is 0 Å². The molecule has 0 fully saturated rings. The molecule has 110 valence electrons. The Kier molecular flexibility index (Phi) is 3.90. The van der Waals surface area contributed by atoms with Gasteiger partial charge in [0.15, 0.2) is 0 Å². The maximum Gasteiger partial charge on any atom is 0.242 e. The minimum Gasteiger partial charge on any atom is -0.493 e. The minimum atomic E-state index is -0.0280. The molecule has 0 saturated heterocycles. The lowest BCUT2D eigenvalue weighted by atomic mass is 10.0. The van der Waals surface area contributed by atoms with Crippen LogP contribution in [0.2, 0.25) is 0 Å². The molecular formula is C16H19N3O2. The van der Waals surface area contributed by atoms with E-state index < -0.39 is 0 Å². The highest BCUT2D eigenvalue weighted by atomic mass is 16.5. The molecule has 1 amide bonds. The van der Waals surface area contributed by atoms with Gasteiger partial charge in [0.05, 0.1) is 18.8 Å². The van der Waals surface area contributed by atoms with Gasteiger partial charge < -0.3 is 10.1 Å². The van der Waals surface area contributed by atoms with Gasteiger partial charge in [-0.25, -0.2) is 0 Å². The number of para-hydroxylation sites is 1. The third kappa shape index (κ3) is 3.24. The van der Waals surface area contributed by atoms with Crippen molar-refractivity contribution >= 4 is 5.91 Å². The van der Waals surface area contributed by atoms with Gasteiger partial charge in [-0.05, 0) is 31.4 Å². The number of nitrogens with zero attached hydrogens (tertiary/aromatic N) is 2. The van der Waals surface area contributed by atoms with Crippen molar-refractivity contribution in [3.8, 4) is 5.75 Å². The van der Waals surface area contributed by atoms with Gasteiger partial charge in [0, 0.05) is 11.8 Å². The molecule has 3 rings (SSSR count). The van der Waals surface area contributed by atoms with E-state index in [2.05, 4.69) is 10.4 Å². The van der Waals surface area contributed by atoms with E-state index in [-0.39, 0.29) is 18.5 Å². The van der Waals surface area contributed by atoms with Crippen molar-refractivity contribution in [1.29, 1.82) is 0 Å². The van der Waals surface area contributed by atoms with Gasteiger partial charge in [-0.3, -0.25) is 9.48 Å². The summed E-state index contributed by atoms with van der Waals surface area (Å²) in [5.74, 6) is 0.843. The fraction of sp³-hybridized carbons (Fsp3) is 0.375. The van der Waals surface area contributed by atoms with Gasteiger partial charge in [-0.1, -0.05) is 18.2 Å². The average Bonchev–Trinajstić information content (AvgIpc) is 2.77. The lowest BCUT2D eigenvalue weighted by Gasteiger charge is -2.18. The third-order valence-corrected chi connectivity index (χ3v) is 3.59. The molecule has 0 unspecified atom stereocenters. The molecule has 0 saturated carbocycles. The molecule has 0 aliphatic carbocycles. The Bertz CT molecular complexity index is 636. The predicted octanol–water partition coefficient (Wildman–Crippen LogP) is 2.22. The summed E-state index contributed by atoms with van der Waals surface area (Å²) in [6.07, 6.45) is 5.44. The fourth-order valence-corrected chi connectivity index (χ4v) is 2.62. The highest BCUT2D eigenvalue weighted by Crippen LogP contribution is 2.30. The van der Waals surface area contributed by atoms with E-state index in [1.807, 2.05) is 37.4 Å². The number of aromatic nitrogens is 2. The number of hydrogen-bond donors (Lipinski definition) is 1. The molecule has 0 radical (unpaired) electrons. The Balaban J connectivity index is 1.70. The summed E-state index contributed by atoms with van der Waals surface area (Å²) < 4.78 is 7.37. The van der Waals surface area contributed by atoms with E-state index in [9.17, 15) is 4.79 Å². The van der Waals surface area contributed by atoms with Gasteiger partial charge in [-0.2, -0.15) is 5.10 Å². The second kappa shape index (κ2) is 5.99. The average molecular weight is 285 g/mol. The maximum atomic E-state index is 12.2. The van der Waals surface area contributed by atoms with Crippen molar-refractivity contribution in [2.45, 2.75) is 32.4 Å². The second-order valence-corrected chi connectivity index (χ2v) is 5.36. The molecule has 0 spiro atoms. The summed E-state index contributed by atoms with van der Waals surface area (Å²) in [5, 5.41) is 7.24. The van der Waals surface area contributed by atoms with E-state index in [4.69, 9.17) is 4.74 Å². The first kappa shape index (κ1) is 13.7. The Morgan fingerprint density at radius 1 is 1.48 bits per heavy atom. The third-order valence-electron chi connectivity index (χ3n) is 3.59. The number of amides is 1. The van der Waals surface area contributed by atoms with E-state index in [1.165, 1.54) is 0 Å². The van der Waals surface area contributed by atoms with Crippen LogP contribution in [0.5, 0.6) is 5.75 Å². The Labute approximate surface area is 123 Å². The quantitative estimate of drug-likeness (QED) is 0.940. The molecule has 1 N–H and O–H groups in total. The molecule has 1 aromatic heterocycles. The van der Waals surface area contributed by atoms with E-state index >= 15 is 0 Å². The SMILES string of the molecule is Cc1cnn(CC(=O)N[C@@H]2CCCOc3ccccc32)c1. The molecule has 21 heavy (non-hydrogen) atoms. The molecule has 1 atom stereocenters. The summed E-state index contributed by atoms with van der Waals surface area (Å²) >= 11 is 0. The van der Waals surface area contributed by atoms with Crippen LogP contribution in [0.1, 0.15) is 30.0 Å². The largest absolute Gasteiger partial charge is 0.493 e. The standard InChI is InChI=1S/C16H19N3O2/c1-12-9-17-19(10-12)11-16(20)18-14-6-4-8-21-15-7-3-2-5-13(14)15/h2-3,5,7,9-10,14H,4,6,8,11H2,1H3,(H,18,20)/t14-/m1/s1. The normalized spacial score (nSPS) is 17.5. The van der Waals surface area contributed by atoms with Gasteiger partial charge in [0.1, 0.15) is 12.3 Å². The number of hydrogen-bond acceptors (Lipinski definition) is 3. The Morgan fingerprint density at radius 3 is 3.14 bits per heavy atom. The van der Waals surface area contributed by atoms with Crippen molar-refractivity contribution in [3.05, 3.63) is 47.8 Å². The second-order valence-electron chi connectivity index (χ2n) is 5.36. The molecular weight excluding hydrogens is 266 g/mol. The Hall–Kier alpha value is -2.30. The topological polar surface area (TPSA) is 56.2 Å². The number of nitrogens with one attached hydrogen (secondary N) is 1. The molecule has 2 aromatic rings. The molecule has 1 aromatic carbocycles. The van der Waals surface area contributed by atoms with E-state index in [0.717, 1.165) is 29.7 Å². The predicted molar refractivity (Wildman–Crippen MR) is 79.0 cm³/mol. The summed E-state index contributed by atoms with van der Waals surface area (Å²) in [4.78, 5) is 12.2. The Morgan fingerprint density at radius 2 is 2.33 bits per heavy atom. The molecule has 1 aliphatic rings. The molecule has 2 heterocycles. The lowest BCUT2D eigenvalue weighted by molar-refractivity contribution is -0.122. The first-order chi connectivity index (χ1) is 10.2. The molecule has 1 aliphatic heterocycles. The van der Waals surface area contributed by atoms with Crippen LogP contribution in [0.25, 0.3) is 0 Å². The highest BCUT2D eigenvalue weighted by Gasteiger charge is 2.21. The number of benzene rings is 1. The van der Waals surface area contributed by atoms with Crippen LogP contribution in [0.15, 0.2) is 36.7 Å². The molecule has 5 nitrogen and oxygen atoms in total. The lowest BCUT2D eigenvalue weighted by Crippen LogP contribution is -2.31. The summed E-state index contributed by atoms with van der Waals surface area (Å²) in [6.45, 7) is 2.90. The van der Waals surface area contributed by atoms with Crippen LogP contribution in [0.4, 0.5) is 0 Å². The van der Waals surface area contributed by atoms with Gasteiger partial charge >= 0.3 is 0 Å². The van der Waals surface area contributed by atoms with E-state index in [1.54, 1.807) is 10.9 Å². The number of carbonyl (C=O) groups is 1. The van der Waals surface area contributed by atoms with Crippen molar-refractivity contribution < 1.29 is 9.53 Å². The monoisotopic (exact) mass is 285 g/mol. The summed E-state index contributed by atoms with van der Waals surface area (Å²) in [5.41, 5.74) is 2.11. The maximum absolute atomic E-state index is 12.2. The van der Waals surface area contributed by atoms with Crippen molar-refractivity contribution in [3.63, 3.8) is 0 Å². The van der Waals surface area contributed by atoms with Crippen LogP contribution in [0, 0.1) is 6.92 Å². The van der Waals surface area contributed by atoms with Gasteiger partial charge in [-0.15, -0.1) is 0 Å². The number of fused-ring (bicyclic) bond motifs is 1. The van der Waals surface area contributed by atoms with Crippen LogP contribution in [0.3, 0.4) is 0 Å². The highest BCUT2D eigenvalue weighted by molar-refractivity contribution is 5.76. The van der Waals surface area contributed by atoms with Crippen molar-refractivity contribution in [1.82, 2.24) is 15.1 Å². The number of ether oxygens (including phenoxy) is 1. The zero-order valence-electron chi connectivity index (χ0n) is 12.1.